The summed E-state index contributed by atoms with van der Waals surface area (Å²) in [6.07, 6.45) is 65.4. The summed E-state index contributed by atoms with van der Waals surface area (Å²) in [5, 5.41) is 10.7. The average Bonchev–Trinajstić information content (AvgIpc) is 0.903. The molecule has 0 radical (unpaired) electrons. The quantitative estimate of drug-likeness (QED) is 0.0222. The van der Waals surface area contributed by atoms with Crippen molar-refractivity contribution < 1.29 is 80.2 Å². The zero-order chi connectivity index (χ0) is 76.5. The first-order chi connectivity index (χ1) is 50.3. The second-order valence-corrected chi connectivity index (χ2v) is 34.7. The van der Waals surface area contributed by atoms with Crippen LogP contribution in [0.4, 0.5) is 0 Å². The van der Waals surface area contributed by atoms with Crippen molar-refractivity contribution in [2.75, 3.05) is 39.6 Å². The first-order valence-corrected chi connectivity index (χ1v) is 46.9. The van der Waals surface area contributed by atoms with E-state index >= 15 is 0 Å². The minimum Gasteiger partial charge on any atom is -0.462 e. The van der Waals surface area contributed by atoms with Crippen molar-refractivity contribution in [1.82, 2.24) is 0 Å². The highest BCUT2D eigenvalue weighted by Gasteiger charge is 2.30. The molecule has 3 unspecified atom stereocenters. The molecular formula is C85H166O17P2. The van der Waals surface area contributed by atoms with Crippen LogP contribution in [0.2, 0.25) is 0 Å². The normalized spacial score (nSPS) is 14.2. The third-order valence-electron chi connectivity index (χ3n) is 20.2. The van der Waals surface area contributed by atoms with Crippen molar-refractivity contribution in [2.45, 2.75) is 465 Å². The van der Waals surface area contributed by atoms with Gasteiger partial charge in [0.2, 0.25) is 0 Å². The average molecular weight is 1520 g/mol. The third kappa shape index (κ3) is 76.8. The van der Waals surface area contributed by atoms with Crippen LogP contribution in [0.5, 0.6) is 0 Å². The fraction of sp³-hybridized carbons (Fsp3) is 0.953. The number of esters is 4. The molecular weight excluding hydrogens is 1350 g/mol. The van der Waals surface area contributed by atoms with Gasteiger partial charge in [-0.2, -0.15) is 0 Å². The molecule has 0 bridgehead atoms. The number of ether oxygens (including phenoxy) is 4. The number of phosphoric ester groups is 2. The molecule has 0 saturated carbocycles. The molecule has 0 saturated heterocycles. The van der Waals surface area contributed by atoms with Crippen molar-refractivity contribution in [1.29, 1.82) is 0 Å². The topological polar surface area (TPSA) is 237 Å². The van der Waals surface area contributed by atoms with Crippen LogP contribution in [0.15, 0.2) is 0 Å². The lowest BCUT2D eigenvalue weighted by Gasteiger charge is -2.21. The highest BCUT2D eigenvalue weighted by molar-refractivity contribution is 7.47. The molecule has 17 nitrogen and oxygen atoms in total. The van der Waals surface area contributed by atoms with Crippen molar-refractivity contribution >= 4 is 39.5 Å². The standard InChI is InChI=1S/C85H166O17P2/c1-8-10-11-12-13-14-15-16-22-30-35-40-45-54-61-69-85(90)102-81(73-96-83(88)67-60-53-48-47-50-57-64-77(5)6)75-100-104(93,94)98-71-79(86)70-97-103(91,92)99-74-80(72-95-82(87)66-59-52-44-39-34-29-26-21-23-27-32-37-42-49-56-63-76(3)4)101-84(89)68-62-55-46-41-36-31-25-20-18-17-19-24-28-33-38-43-51-58-65-78(7)9-2/h76-81,86H,8-75H2,1-7H3,(H,91,92)(H,93,94)/t78?,79-,80-,81-/m1/s1. The van der Waals surface area contributed by atoms with Crippen LogP contribution in [0.25, 0.3) is 0 Å². The molecule has 0 aliphatic rings. The number of carbonyl (C=O) groups excluding carboxylic acids is 4. The number of rotatable bonds is 83. The molecule has 0 aliphatic heterocycles. The van der Waals surface area contributed by atoms with Gasteiger partial charge in [-0.3, -0.25) is 37.3 Å². The van der Waals surface area contributed by atoms with Crippen molar-refractivity contribution in [3.63, 3.8) is 0 Å². The van der Waals surface area contributed by atoms with Gasteiger partial charge in [0.1, 0.15) is 19.3 Å². The fourth-order valence-electron chi connectivity index (χ4n) is 13.2. The SMILES string of the molecule is CCCCCCCCCCCCCCCCCC(=O)O[C@H](COC(=O)CCCCCCCCC(C)C)COP(=O)(O)OC[C@H](O)COP(=O)(O)OC[C@@H](COC(=O)CCCCCCCCCCCCCCCCCC(C)C)OC(=O)CCCCCCCCCCCCCCCCCCCCC(C)CC. The van der Waals surface area contributed by atoms with Crippen molar-refractivity contribution in [3.05, 3.63) is 0 Å². The van der Waals surface area contributed by atoms with E-state index in [0.29, 0.717) is 31.6 Å². The largest absolute Gasteiger partial charge is 0.472 e. The Bertz CT molecular complexity index is 2010. The van der Waals surface area contributed by atoms with Gasteiger partial charge in [0, 0.05) is 25.7 Å². The van der Waals surface area contributed by atoms with E-state index in [2.05, 4.69) is 48.5 Å². The molecule has 0 heterocycles. The van der Waals surface area contributed by atoms with Crippen LogP contribution in [0.3, 0.4) is 0 Å². The summed E-state index contributed by atoms with van der Waals surface area (Å²) in [5.41, 5.74) is 0. The molecule has 104 heavy (non-hydrogen) atoms. The van der Waals surface area contributed by atoms with E-state index in [0.717, 1.165) is 108 Å². The van der Waals surface area contributed by atoms with Crippen LogP contribution in [0.1, 0.15) is 447 Å². The second-order valence-electron chi connectivity index (χ2n) is 31.8. The predicted molar refractivity (Wildman–Crippen MR) is 428 cm³/mol. The number of aliphatic hydroxyl groups excluding tert-OH is 1. The smallest absolute Gasteiger partial charge is 0.462 e. The zero-order valence-corrected chi connectivity index (χ0v) is 70.3. The van der Waals surface area contributed by atoms with Crippen LogP contribution in [0, 0.1) is 17.8 Å². The summed E-state index contributed by atoms with van der Waals surface area (Å²) in [7, 11) is -9.92. The molecule has 0 aromatic carbocycles. The summed E-state index contributed by atoms with van der Waals surface area (Å²) in [6.45, 7) is 12.0. The van der Waals surface area contributed by atoms with Crippen molar-refractivity contribution in [3.8, 4) is 0 Å². The van der Waals surface area contributed by atoms with Gasteiger partial charge in [0.15, 0.2) is 12.2 Å². The van der Waals surface area contributed by atoms with Gasteiger partial charge < -0.3 is 33.8 Å². The lowest BCUT2D eigenvalue weighted by molar-refractivity contribution is -0.161. The molecule has 618 valence electrons. The van der Waals surface area contributed by atoms with E-state index in [1.165, 1.54) is 250 Å². The molecule has 0 aliphatic carbocycles. The summed E-state index contributed by atoms with van der Waals surface area (Å²) in [5.74, 6) is 0.249. The number of unbranched alkanes of at least 4 members (excludes halogenated alkanes) is 50. The van der Waals surface area contributed by atoms with E-state index in [1.54, 1.807) is 0 Å². The van der Waals surface area contributed by atoms with Gasteiger partial charge in [-0.05, 0) is 43.4 Å². The van der Waals surface area contributed by atoms with E-state index in [-0.39, 0.29) is 25.7 Å². The first-order valence-electron chi connectivity index (χ1n) is 43.9. The molecule has 0 aromatic heterocycles. The van der Waals surface area contributed by atoms with Crippen LogP contribution in [-0.4, -0.2) is 96.7 Å². The number of hydrogen-bond donors (Lipinski definition) is 3. The lowest BCUT2D eigenvalue weighted by Crippen LogP contribution is -2.30. The molecule has 6 atom stereocenters. The van der Waals surface area contributed by atoms with Gasteiger partial charge in [-0.1, -0.05) is 395 Å². The molecule has 0 rings (SSSR count). The Morgan fingerprint density at radius 3 is 0.731 bits per heavy atom. The Kier molecular flexibility index (Phi) is 73.7. The maximum atomic E-state index is 13.1. The van der Waals surface area contributed by atoms with Crippen LogP contribution in [-0.2, 0) is 65.4 Å². The monoisotopic (exact) mass is 1520 g/mol. The number of phosphoric acid groups is 2. The summed E-state index contributed by atoms with van der Waals surface area (Å²) >= 11 is 0. The minimum atomic E-state index is -4.97. The summed E-state index contributed by atoms with van der Waals surface area (Å²) < 4.78 is 68.8. The molecule has 3 N–H and O–H groups in total. The van der Waals surface area contributed by atoms with Gasteiger partial charge in [0.25, 0.3) is 0 Å². The van der Waals surface area contributed by atoms with E-state index < -0.39 is 97.5 Å². The van der Waals surface area contributed by atoms with Crippen molar-refractivity contribution in [2.24, 2.45) is 17.8 Å². The van der Waals surface area contributed by atoms with Gasteiger partial charge >= 0.3 is 39.5 Å². The third-order valence-corrected chi connectivity index (χ3v) is 22.1. The number of hydrogen-bond acceptors (Lipinski definition) is 15. The molecule has 0 amide bonds. The summed E-state index contributed by atoms with van der Waals surface area (Å²) in [4.78, 5) is 73.1. The highest BCUT2D eigenvalue weighted by Crippen LogP contribution is 2.45. The van der Waals surface area contributed by atoms with Crippen LogP contribution >= 0.6 is 15.6 Å². The maximum absolute atomic E-state index is 13.1. The molecule has 0 fully saturated rings. The Hall–Kier alpha value is -1.94. The molecule has 0 aromatic rings. The number of carbonyl (C=O) groups is 4. The fourth-order valence-corrected chi connectivity index (χ4v) is 14.7. The zero-order valence-electron chi connectivity index (χ0n) is 68.5. The second kappa shape index (κ2) is 75.1. The predicted octanol–water partition coefficient (Wildman–Crippen LogP) is 25.7. The van der Waals surface area contributed by atoms with E-state index in [4.69, 9.17) is 37.0 Å². The molecule has 19 heteroatoms. The van der Waals surface area contributed by atoms with Gasteiger partial charge in [0.05, 0.1) is 26.4 Å². The Balaban J connectivity index is 5.21. The summed E-state index contributed by atoms with van der Waals surface area (Å²) in [6, 6.07) is 0. The minimum absolute atomic E-state index is 0.107. The van der Waals surface area contributed by atoms with E-state index in [1.807, 2.05) is 0 Å². The van der Waals surface area contributed by atoms with Crippen LogP contribution < -0.4 is 0 Å². The lowest BCUT2D eigenvalue weighted by atomic mass is 9.99. The Labute approximate surface area is 638 Å². The first kappa shape index (κ1) is 102. The van der Waals surface area contributed by atoms with Gasteiger partial charge in [-0.15, -0.1) is 0 Å². The van der Waals surface area contributed by atoms with E-state index in [9.17, 15) is 43.2 Å². The maximum Gasteiger partial charge on any atom is 0.472 e. The Morgan fingerprint density at radius 2 is 0.490 bits per heavy atom. The Morgan fingerprint density at radius 1 is 0.279 bits per heavy atom. The van der Waals surface area contributed by atoms with Gasteiger partial charge in [-0.25, -0.2) is 9.13 Å². The number of aliphatic hydroxyl groups is 1. The highest BCUT2D eigenvalue weighted by atomic mass is 31.2. The molecule has 0 spiro atoms.